The van der Waals surface area contributed by atoms with E-state index in [1.807, 2.05) is 0 Å². The molecule has 0 aliphatic heterocycles. The van der Waals surface area contributed by atoms with Crippen molar-refractivity contribution in [2.75, 3.05) is 6.61 Å². The van der Waals surface area contributed by atoms with Gasteiger partial charge < -0.3 is 10.1 Å². The Morgan fingerprint density at radius 1 is 1.64 bits per heavy atom. The number of ether oxygens (including phenoxy) is 1. The number of rotatable bonds is 4. The molecule has 62 valence electrons. The molecule has 0 saturated heterocycles. The molecule has 0 aliphatic carbocycles. The molecule has 0 unspecified atom stereocenters. The molecular formula is C8H13NO2. The third kappa shape index (κ3) is 4.31. The fourth-order valence-electron chi connectivity index (χ4n) is 0.378. The molecule has 3 nitrogen and oxygen atoms in total. The zero-order chi connectivity index (χ0) is 8.85. The summed E-state index contributed by atoms with van der Waals surface area (Å²) in [5, 5.41) is 7.11. The quantitative estimate of drug-likeness (QED) is 0.494. The van der Waals surface area contributed by atoms with Crippen molar-refractivity contribution in [1.29, 1.82) is 5.41 Å². The normalized spacial score (nSPS) is 8.91. The van der Waals surface area contributed by atoms with Gasteiger partial charge in [0.15, 0.2) is 0 Å². The van der Waals surface area contributed by atoms with Crippen LogP contribution in [0.3, 0.4) is 0 Å². The number of nitrogens with one attached hydrogen (secondary N) is 1. The van der Waals surface area contributed by atoms with E-state index in [9.17, 15) is 4.79 Å². The zero-order valence-corrected chi connectivity index (χ0v) is 6.94. The van der Waals surface area contributed by atoms with Crippen LogP contribution in [-0.4, -0.2) is 18.3 Å². The molecule has 0 atom stereocenters. The van der Waals surface area contributed by atoms with E-state index in [2.05, 4.69) is 6.58 Å². The fraction of sp³-hybridized carbons (Fsp3) is 0.500. The highest BCUT2D eigenvalue weighted by Crippen LogP contribution is 1.94. The summed E-state index contributed by atoms with van der Waals surface area (Å²) in [6.45, 7) is 7.04. The first-order valence-corrected chi connectivity index (χ1v) is 3.46. The SMILES string of the molecule is C=C(COC(=O)CC)C(C)=N. The van der Waals surface area contributed by atoms with E-state index in [1.54, 1.807) is 13.8 Å². The zero-order valence-electron chi connectivity index (χ0n) is 6.94. The third-order valence-electron chi connectivity index (χ3n) is 1.23. The predicted molar refractivity (Wildman–Crippen MR) is 43.8 cm³/mol. The lowest BCUT2D eigenvalue weighted by Crippen LogP contribution is -2.08. The Hall–Kier alpha value is -1.12. The maximum absolute atomic E-state index is 10.6. The first-order valence-electron chi connectivity index (χ1n) is 3.46. The van der Waals surface area contributed by atoms with E-state index in [-0.39, 0.29) is 12.6 Å². The van der Waals surface area contributed by atoms with Gasteiger partial charge in [-0.1, -0.05) is 13.5 Å². The molecule has 0 amide bonds. The molecule has 0 bridgehead atoms. The van der Waals surface area contributed by atoms with Crippen molar-refractivity contribution in [1.82, 2.24) is 0 Å². The first-order chi connectivity index (χ1) is 5.07. The van der Waals surface area contributed by atoms with E-state index in [4.69, 9.17) is 10.1 Å². The lowest BCUT2D eigenvalue weighted by molar-refractivity contribution is -0.142. The summed E-state index contributed by atoms with van der Waals surface area (Å²) in [6, 6.07) is 0. The summed E-state index contributed by atoms with van der Waals surface area (Å²) in [5.41, 5.74) is 0.903. The van der Waals surface area contributed by atoms with Gasteiger partial charge in [0.1, 0.15) is 6.61 Å². The predicted octanol–water partition coefficient (Wildman–Crippen LogP) is 1.54. The molecule has 0 heterocycles. The maximum atomic E-state index is 10.6. The summed E-state index contributed by atoms with van der Waals surface area (Å²) in [5.74, 6) is -0.257. The van der Waals surface area contributed by atoms with Gasteiger partial charge >= 0.3 is 5.97 Å². The Morgan fingerprint density at radius 3 is 2.55 bits per heavy atom. The number of esters is 1. The van der Waals surface area contributed by atoms with E-state index >= 15 is 0 Å². The van der Waals surface area contributed by atoms with Crippen molar-refractivity contribution < 1.29 is 9.53 Å². The molecule has 0 spiro atoms. The average molecular weight is 155 g/mol. The van der Waals surface area contributed by atoms with Crippen molar-refractivity contribution in [3.05, 3.63) is 12.2 Å². The summed E-state index contributed by atoms with van der Waals surface area (Å²) >= 11 is 0. The molecule has 11 heavy (non-hydrogen) atoms. The van der Waals surface area contributed by atoms with Crippen molar-refractivity contribution in [2.45, 2.75) is 20.3 Å². The van der Waals surface area contributed by atoms with Gasteiger partial charge in [0.25, 0.3) is 0 Å². The molecule has 3 heteroatoms. The third-order valence-corrected chi connectivity index (χ3v) is 1.23. The summed E-state index contributed by atoms with van der Waals surface area (Å²) in [7, 11) is 0. The summed E-state index contributed by atoms with van der Waals surface area (Å²) in [4.78, 5) is 10.6. The molecule has 0 aromatic heterocycles. The highest BCUT2D eigenvalue weighted by molar-refractivity contribution is 5.95. The highest BCUT2D eigenvalue weighted by Gasteiger charge is 2.00. The first kappa shape index (κ1) is 9.88. The Bertz CT molecular complexity index is 185. The standard InChI is InChI=1S/C8H13NO2/c1-4-8(10)11-5-6(2)7(3)9/h9H,2,4-5H2,1,3H3. The van der Waals surface area contributed by atoms with Crippen LogP contribution >= 0.6 is 0 Å². The molecule has 0 fully saturated rings. The number of carbonyl (C=O) groups excluding carboxylic acids is 1. The molecule has 0 aromatic carbocycles. The molecule has 0 aliphatic rings. The van der Waals surface area contributed by atoms with Crippen LogP contribution in [0.4, 0.5) is 0 Å². The van der Waals surface area contributed by atoms with Crippen LogP contribution in [0.15, 0.2) is 12.2 Å². The molecule has 1 N–H and O–H groups in total. The minimum atomic E-state index is -0.257. The Morgan fingerprint density at radius 2 is 2.18 bits per heavy atom. The second-order valence-corrected chi connectivity index (χ2v) is 2.24. The van der Waals surface area contributed by atoms with Crippen molar-refractivity contribution >= 4 is 11.7 Å². The molecule has 0 saturated carbocycles. The van der Waals surface area contributed by atoms with Crippen LogP contribution in [-0.2, 0) is 9.53 Å². The Labute approximate surface area is 66.6 Å². The number of hydrogen-bond donors (Lipinski definition) is 1. The molecule has 0 rings (SSSR count). The van der Waals surface area contributed by atoms with Crippen LogP contribution in [0.25, 0.3) is 0 Å². The van der Waals surface area contributed by atoms with Gasteiger partial charge in [0.05, 0.1) is 0 Å². The van der Waals surface area contributed by atoms with Crippen molar-refractivity contribution in [3.63, 3.8) is 0 Å². The second-order valence-electron chi connectivity index (χ2n) is 2.24. The Kier molecular flexibility index (Phi) is 4.18. The van der Waals surface area contributed by atoms with Gasteiger partial charge in [-0.05, 0) is 6.92 Å². The van der Waals surface area contributed by atoms with Gasteiger partial charge in [-0.2, -0.15) is 0 Å². The number of carbonyl (C=O) groups is 1. The van der Waals surface area contributed by atoms with Crippen LogP contribution in [0, 0.1) is 5.41 Å². The van der Waals surface area contributed by atoms with Gasteiger partial charge in [-0.3, -0.25) is 4.79 Å². The van der Waals surface area contributed by atoms with Crippen LogP contribution in [0.5, 0.6) is 0 Å². The van der Waals surface area contributed by atoms with Gasteiger partial charge in [0, 0.05) is 17.7 Å². The monoisotopic (exact) mass is 155 g/mol. The topological polar surface area (TPSA) is 50.2 Å². The lowest BCUT2D eigenvalue weighted by atomic mass is 10.2. The fourth-order valence-corrected chi connectivity index (χ4v) is 0.378. The maximum Gasteiger partial charge on any atom is 0.305 e. The van der Waals surface area contributed by atoms with Gasteiger partial charge in [-0.25, -0.2) is 0 Å². The van der Waals surface area contributed by atoms with Crippen molar-refractivity contribution in [2.24, 2.45) is 0 Å². The highest BCUT2D eigenvalue weighted by atomic mass is 16.5. The van der Waals surface area contributed by atoms with E-state index in [1.165, 1.54) is 0 Å². The molecule has 0 radical (unpaired) electrons. The number of hydrogen-bond acceptors (Lipinski definition) is 3. The smallest absolute Gasteiger partial charge is 0.305 e. The Balaban J connectivity index is 3.63. The van der Waals surface area contributed by atoms with Gasteiger partial charge in [-0.15, -0.1) is 0 Å². The summed E-state index contributed by atoms with van der Waals surface area (Å²) < 4.78 is 4.73. The van der Waals surface area contributed by atoms with Crippen LogP contribution in [0.2, 0.25) is 0 Å². The molecule has 0 aromatic rings. The van der Waals surface area contributed by atoms with E-state index in [0.29, 0.717) is 17.7 Å². The van der Waals surface area contributed by atoms with E-state index < -0.39 is 0 Å². The largest absolute Gasteiger partial charge is 0.461 e. The van der Waals surface area contributed by atoms with E-state index in [0.717, 1.165) is 0 Å². The minimum absolute atomic E-state index is 0.141. The lowest BCUT2D eigenvalue weighted by Gasteiger charge is -2.03. The molecular weight excluding hydrogens is 142 g/mol. The second kappa shape index (κ2) is 4.66. The minimum Gasteiger partial charge on any atom is -0.461 e. The van der Waals surface area contributed by atoms with Crippen LogP contribution < -0.4 is 0 Å². The van der Waals surface area contributed by atoms with Crippen LogP contribution in [0.1, 0.15) is 20.3 Å². The van der Waals surface area contributed by atoms with Gasteiger partial charge in [0.2, 0.25) is 0 Å². The van der Waals surface area contributed by atoms with Crippen molar-refractivity contribution in [3.8, 4) is 0 Å². The summed E-state index contributed by atoms with van der Waals surface area (Å²) in [6.07, 6.45) is 0.365. The average Bonchev–Trinajstić information content (AvgIpc) is 1.99.